The van der Waals surface area contributed by atoms with Gasteiger partial charge in [0.2, 0.25) is 5.91 Å². The summed E-state index contributed by atoms with van der Waals surface area (Å²) in [6.07, 6.45) is 0.964. The lowest BCUT2D eigenvalue weighted by Crippen LogP contribution is -2.42. The minimum Gasteiger partial charge on any atom is -0.497 e. The maximum atomic E-state index is 12.9. The van der Waals surface area contributed by atoms with E-state index in [0.717, 1.165) is 5.56 Å². The van der Waals surface area contributed by atoms with Crippen molar-refractivity contribution in [3.8, 4) is 5.75 Å². The van der Waals surface area contributed by atoms with E-state index >= 15 is 0 Å². The molecule has 0 saturated heterocycles. The van der Waals surface area contributed by atoms with Gasteiger partial charge in [-0.05, 0) is 45.2 Å². The van der Waals surface area contributed by atoms with Gasteiger partial charge in [-0.15, -0.1) is 0 Å². The zero-order chi connectivity index (χ0) is 17.9. The summed E-state index contributed by atoms with van der Waals surface area (Å²) in [6, 6.07) is 5.48. The minimum atomic E-state index is -0.867. The predicted molar refractivity (Wildman–Crippen MR) is 90.1 cm³/mol. The molecule has 0 spiro atoms. The molecule has 6 nitrogen and oxygen atoms in total. The standard InChI is InChI=1S/C18H25NO5/c1-18(2,3)24-17(22)14-8-6-12-5-7-13(23-4)11-15(12)19(9-10-20)16(14)21/h5,7,11,14,20H,6,8-10H2,1-4H3. The quantitative estimate of drug-likeness (QED) is 0.672. The summed E-state index contributed by atoms with van der Waals surface area (Å²) in [5.74, 6) is -1.10. The Labute approximate surface area is 142 Å². The molecule has 0 aliphatic carbocycles. The number of anilines is 1. The summed E-state index contributed by atoms with van der Waals surface area (Å²) in [7, 11) is 1.56. The van der Waals surface area contributed by atoms with Crippen molar-refractivity contribution in [1.29, 1.82) is 0 Å². The Balaban J connectivity index is 2.36. The first-order valence-corrected chi connectivity index (χ1v) is 8.09. The summed E-state index contributed by atoms with van der Waals surface area (Å²) in [4.78, 5) is 26.8. The second-order valence-corrected chi connectivity index (χ2v) is 6.83. The van der Waals surface area contributed by atoms with E-state index in [4.69, 9.17) is 9.47 Å². The fourth-order valence-corrected chi connectivity index (χ4v) is 2.79. The zero-order valence-corrected chi connectivity index (χ0v) is 14.7. The van der Waals surface area contributed by atoms with Gasteiger partial charge in [0, 0.05) is 12.6 Å². The van der Waals surface area contributed by atoms with Crippen molar-refractivity contribution in [2.45, 2.75) is 39.2 Å². The summed E-state index contributed by atoms with van der Waals surface area (Å²) in [5, 5.41) is 9.35. The van der Waals surface area contributed by atoms with Crippen molar-refractivity contribution in [3.05, 3.63) is 23.8 Å². The molecule has 1 aromatic rings. The second kappa shape index (κ2) is 7.21. The maximum absolute atomic E-state index is 12.9. The molecule has 0 bridgehead atoms. The molecule has 0 radical (unpaired) electrons. The fourth-order valence-electron chi connectivity index (χ4n) is 2.79. The molecule has 1 aliphatic rings. The molecule has 1 atom stereocenters. The van der Waals surface area contributed by atoms with Gasteiger partial charge in [0.15, 0.2) is 0 Å². The van der Waals surface area contributed by atoms with Crippen LogP contribution in [0.3, 0.4) is 0 Å². The largest absolute Gasteiger partial charge is 0.497 e. The first kappa shape index (κ1) is 18.3. The van der Waals surface area contributed by atoms with Crippen LogP contribution in [0.4, 0.5) is 5.69 Å². The van der Waals surface area contributed by atoms with Gasteiger partial charge in [0.05, 0.1) is 19.4 Å². The average molecular weight is 335 g/mol. The smallest absolute Gasteiger partial charge is 0.319 e. The van der Waals surface area contributed by atoms with Crippen molar-refractivity contribution in [3.63, 3.8) is 0 Å². The molecule has 2 rings (SSSR count). The monoisotopic (exact) mass is 335 g/mol. The van der Waals surface area contributed by atoms with Crippen LogP contribution in [-0.4, -0.2) is 42.8 Å². The number of nitrogens with zero attached hydrogens (tertiary/aromatic N) is 1. The van der Waals surface area contributed by atoms with Crippen LogP contribution in [0.1, 0.15) is 32.8 Å². The highest BCUT2D eigenvalue weighted by molar-refractivity contribution is 6.07. The number of rotatable bonds is 4. The van der Waals surface area contributed by atoms with Crippen LogP contribution in [-0.2, 0) is 20.7 Å². The van der Waals surface area contributed by atoms with Crippen LogP contribution in [0.15, 0.2) is 18.2 Å². The summed E-state index contributed by atoms with van der Waals surface area (Å²) < 4.78 is 10.6. The molecule has 0 fully saturated rings. The van der Waals surface area contributed by atoms with Crippen molar-refractivity contribution < 1.29 is 24.2 Å². The number of hydrogen-bond donors (Lipinski definition) is 1. The van der Waals surface area contributed by atoms with E-state index in [-0.39, 0.29) is 19.1 Å². The Morgan fingerprint density at radius 1 is 1.38 bits per heavy atom. The number of methoxy groups -OCH3 is 1. The molecule has 1 aliphatic heterocycles. The predicted octanol–water partition coefficient (Wildman–Crippen LogP) is 1.92. The summed E-state index contributed by atoms with van der Waals surface area (Å²) in [5.41, 5.74) is 0.977. The number of β-amino-alcohol motifs (C(OH)–C–C–N with tert-alkyl or cyclic N) is 1. The zero-order valence-electron chi connectivity index (χ0n) is 14.7. The van der Waals surface area contributed by atoms with E-state index in [0.29, 0.717) is 24.3 Å². The van der Waals surface area contributed by atoms with Crippen LogP contribution in [0.5, 0.6) is 5.75 Å². The number of ether oxygens (including phenoxy) is 2. The number of esters is 1. The Bertz CT molecular complexity index is 620. The number of carbonyl (C=O) groups is 2. The molecular weight excluding hydrogens is 310 g/mol. The topological polar surface area (TPSA) is 76.1 Å². The van der Waals surface area contributed by atoms with Gasteiger partial charge in [-0.1, -0.05) is 6.07 Å². The number of fused-ring (bicyclic) bond motifs is 1. The number of amides is 1. The molecule has 1 heterocycles. The molecule has 24 heavy (non-hydrogen) atoms. The molecule has 1 amide bonds. The first-order valence-electron chi connectivity index (χ1n) is 8.09. The highest BCUT2D eigenvalue weighted by Gasteiger charge is 2.37. The Kier molecular flexibility index (Phi) is 5.49. The molecular formula is C18H25NO5. The molecule has 0 saturated carbocycles. The molecule has 132 valence electrons. The lowest BCUT2D eigenvalue weighted by atomic mass is 10.00. The van der Waals surface area contributed by atoms with E-state index in [1.807, 2.05) is 12.1 Å². The van der Waals surface area contributed by atoms with Crippen molar-refractivity contribution in [1.82, 2.24) is 0 Å². The number of benzene rings is 1. The van der Waals surface area contributed by atoms with Crippen molar-refractivity contribution >= 4 is 17.6 Å². The van der Waals surface area contributed by atoms with E-state index < -0.39 is 17.5 Å². The lowest BCUT2D eigenvalue weighted by Gasteiger charge is -2.27. The van der Waals surface area contributed by atoms with Crippen LogP contribution in [0.25, 0.3) is 0 Å². The third-order valence-corrected chi connectivity index (χ3v) is 3.86. The number of aryl methyl sites for hydroxylation is 1. The first-order chi connectivity index (χ1) is 11.3. The lowest BCUT2D eigenvalue weighted by molar-refractivity contribution is -0.162. The van der Waals surface area contributed by atoms with Crippen molar-refractivity contribution in [2.24, 2.45) is 5.92 Å². The number of hydrogen-bond acceptors (Lipinski definition) is 5. The minimum absolute atomic E-state index is 0.123. The van der Waals surface area contributed by atoms with E-state index in [1.165, 1.54) is 4.90 Å². The third-order valence-electron chi connectivity index (χ3n) is 3.86. The molecule has 1 unspecified atom stereocenters. The van der Waals surface area contributed by atoms with Crippen LogP contribution in [0.2, 0.25) is 0 Å². The molecule has 1 aromatic carbocycles. The Morgan fingerprint density at radius 3 is 2.67 bits per heavy atom. The van der Waals surface area contributed by atoms with Gasteiger partial charge in [-0.25, -0.2) is 0 Å². The SMILES string of the molecule is COc1ccc2c(c1)N(CCO)C(=O)C(C(=O)OC(C)(C)C)CC2. The second-order valence-electron chi connectivity index (χ2n) is 6.83. The third kappa shape index (κ3) is 4.06. The number of aliphatic hydroxyl groups excluding tert-OH is 1. The number of aliphatic hydroxyl groups is 1. The molecule has 0 aromatic heterocycles. The highest BCUT2D eigenvalue weighted by atomic mass is 16.6. The van der Waals surface area contributed by atoms with Crippen LogP contribution >= 0.6 is 0 Å². The van der Waals surface area contributed by atoms with Crippen molar-refractivity contribution in [2.75, 3.05) is 25.2 Å². The van der Waals surface area contributed by atoms with Crippen LogP contribution in [0, 0.1) is 5.92 Å². The normalized spacial score (nSPS) is 18.0. The van der Waals surface area contributed by atoms with E-state index in [9.17, 15) is 14.7 Å². The molecule has 6 heteroatoms. The van der Waals surface area contributed by atoms with E-state index in [1.54, 1.807) is 33.9 Å². The molecule has 1 N–H and O–H groups in total. The van der Waals surface area contributed by atoms with Gasteiger partial charge < -0.3 is 19.5 Å². The average Bonchev–Trinajstić information content (AvgIpc) is 2.63. The Morgan fingerprint density at radius 2 is 2.08 bits per heavy atom. The van der Waals surface area contributed by atoms with Gasteiger partial charge in [-0.3, -0.25) is 9.59 Å². The van der Waals surface area contributed by atoms with Gasteiger partial charge in [0.25, 0.3) is 0 Å². The van der Waals surface area contributed by atoms with E-state index in [2.05, 4.69) is 0 Å². The maximum Gasteiger partial charge on any atom is 0.319 e. The van der Waals surface area contributed by atoms with Gasteiger partial charge in [-0.2, -0.15) is 0 Å². The summed E-state index contributed by atoms with van der Waals surface area (Å²) in [6.45, 7) is 5.26. The fraction of sp³-hybridized carbons (Fsp3) is 0.556. The van der Waals surface area contributed by atoms with Gasteiger partial charge >= 0.3 is 5.97 Å². The Hall–Kier alpha value is -2.08. The summed E-state index contributed by atoms with van der Waals surface area (Å²) >= 11 is 0. The number of carbonyl (C=O) groups excluding carboxylic acids is 2. The van der Waals surface area contributed by atoms with Crippen LogP contribution < -0.4 is 9.64 Å². The highest BCUT2D eigenvalue weighted by Crippen LogP contribution is 2.33. The van der Waals surface area contributed by atoms with Gasteiger partial charge in [0.1, 0.15) is 17.3 Å².